The molecule has 3 nitrogen and oxygen atoms in total. The van der Waals surface area contributed by atoms with Crippen LogP contribution < -0.4 is 5.32 Å². The van der Waals surface area contributed by atoms with Crippen LogP contribution in [0.15, 0.2) is 36.9 Å². The van der Waals surface area contributed by atoms with Crippen molar-refractivity contribution in [1.29, 1.82) is 0 Å². The molecule has 0 aliphatic heterocycles. The van der Waals surface area contributed by atoms with Gasteiger partial charge in [-0.3, -0.25) is 5.32 Å². The number of nitrogens with one attached hydrogen (secondary N) is 1. The Balaban J connectivity index is 2.17. The predicted molar refractivity (Wildman–Crippen MR) is 76.0 cm³/mol. The van der Waals surface area contributed by atoms with Gasteiger partial charge < -0.3 is 4.74 Å². The second-order valence-electron chi connectivity index (χ2n) is 4.83. The van der Waals surface area contributed by atoms with Gasteiger partial charge in [0.05, 0.1) is 6.61 Å². The molecule has 3 heteroatoms. The van der Waals surface area contributed by atoms with Crippen molar-refractivity contribution in [2.45, 2.75) is 31.7 Å². The Kier molecular flexibility index (Phi) is 4.74. The van der Waals surface area contributed by atoms with Gasteiger partial charge in [-0.15, -0.1) is 6.58 Å². The van der Waals surface area contributed by atoms with E-state index >= 15 is 0 Å². The maximum Gasteiger partial charge on any atom is 0.327 e. The molecule has 2 rings (SSSR count). The van der Waals surface area contributed by atoms with E-state index in [1.54, 1.807) is 6.08 Å². The molecule has 0 saturated heterocycles. The lowest BCUT2D eigenvalue weighted by atomic mass is 10.0. The van der Waals surface area contributed by atoms with Gasteiger partial charge in [-0.05, 0) is 36.8 Å². The fourth-order valence-corrected chi connectivity index (χ4v) is 2.17. The highest BCUT2D eigenvalue weighted by atomic mass is 16.5. The number of esters is 1. The SMILES string of the molecule is C=CCNC(C(=O)OCC)c1cccc(C2CC2)c1. The van der Waals surface area contributed by atoms with Crippen LogP contribution in [0.5, 0.6) is 0 Å². The van der Waals surface area contributed by atoms with E-state index in [-0.39, 0.29) is 5.97 Å². The largest absolute Gasteiger partial charge is 0.465 e. The maximum atomic E-state index is 12.0. The van der Waals surface area contributed by atoms with E-state index in [2.05, 4.69) is 24.0 Å². The van der Waals surface area contributed by atoms with E-state index in [9.17, 15) is 4.79 Å². The molecule has 102 valence electrons. The minimum atomic E-state index is -0.406. The van der Waals surface area contributed by atoms with E-state index < -0.39 is 6.04 Å². The van der Waals surface area contributed by atoms with Crippen LogP contribution in [-0.2, 0) is 9.53 Å². The lowest BCUT2D eigenvalue weighted by Crippen LogP contribution is -2.30. The Hall–Kier alpha value is -1.61. The van der Waals surface area contributed by atoms with Crippen LogP contribution in [0.1, 0.15) is 42.9 Å². The lowest BCUT2D eigenvalue weighted by Gasteiger charge is -2.17. The number of ether oxygens (including phenoxy) is 1. The number of carbonyl (C=O) groups is 1. The van der Waals surface area contributed by atoms with Crippen LogP contribution in [0.2, 0.25) is 0 Å². The molecule has 0 spiro atoms. The summed E-state index contributed by atoms with van der Waals surface area (Å²) in [5.41, 5.74) is 2.30. The van der Waals surface area contributed by atoms with Crippen LogP contribution in [0.25, 0.3) is 0 Å². The summed E-state index contributed by atoms with van der Waals surface area (Å²) in [5.74, 6) is 0.458. The molecule has 1 aliphatic rings. The molecule has 1 fully saturated rings. The third-order valence-corrected chi connectivity index (χ3v) is 3.28. The average molecular weight is 259 g/mol. The quantitative estimate of drug-likeness (QED) is 0.604. The fraction of sp³-hybridized carbons (Fsp3) is 0.438. The van der Waals surface area contributed by atoms with E-state index in [0.29, 0.717) is 19.1 Å². The predicted octanol–water partition coefficient (Wildman–Crippen LogP) is 2.94. The highest BCUT2D eigenvalue weighted by molar-refractivity contribution is 5.77. The summed E-state index contributed by atoms with van der Waals surface area (Å²) in [6, 6.07) is 7.84. The second-order valence-corrected chi connectivity index (χ2v) is 4.83. The van der Waals surface area contributed by atoms with Crippen molar-refractivity contribution in [3.05, 3.63) is 48.0 Å². The Morgan fingerprint density at radius 3 is 3.00 bits per heavy atom. The second kappa shape index (κ2) is 6.53. The minimum absolute atomic E-state index is 0.225. The maximum absolute atomic E-state index is 12.0. The van der Waals surface area contributed by atoms with Crippen LogP contribution >= 0.6 is 0 Å². The van der Waals surface area contributed by atoms with Gasteiger partial charge >= 0.3 is 5.97 Å². The van der Waals surface area contributed by atoms with E-state index in [1.165, 1.54) is 18.4 Å². The van der Waals surface area contributed by atoms with Gasteiger partial charge in [0.25, 0.3) is 0 Å². The third-order valence-electron chi connectivity index (χ3n) is 3.28. The van der Waals surface area contributed by atoms with E-state index in [1.807, 2.05) is 19.1 Å². The van der Waals surface area contributed by atoms with Crippen molar-refractivity contribution in [3.63, 3.8) is 0 Å². The molecule has 0 aromatic heterocycles. The fourth-order valence-electron chi connectivity index (χ4n) is 2.17. The third kappa shape index (κ3) is 3.67. The van der Waals surface area contributed by atoms with Crippen molar-refractivity contribution in [2.24, 2.45) is 0 Å². The normalized spacial score (nSPS) is 15.8. The Labute approximate surface area is 114 Å². The van der Waals surface area contributed by atoms with Gasteiger partial charge in [0.15, 0.2) is 0 Å². The molecule has 1 aliphatic carbocycles. The van der Waals surface area contributed by atoms with E-state index in [0.717, 1.165) is 5.56 Å². The van der Waals surface area contributed by atoms with Crippen LogP contribution in [0.4, 0.5) is 0 Å². The first-order chi connectivity index (χ1) is 9.26. The van der Waals surface area contributed by atoms with Crippen LogP contribution in [0, 0.1) is 0 Å². The van der Waals surface area contributed by atoms with E-state index in [4.69, 9.17) is 4.74 Å². The van der Waals surface area contributed by atoms with Crippen molar-refractivity contribution in [2.75, 3.05) is 13.2 Å². The Bertz CT molecular complexity index is 452. The summed E-state index contributed by atoms with van der Waals surface area (Å²) in [6.45, 7) is 6.47. The summed E-state index contributed by atoms with van der Waals surface area (Å²) < 4.78 is 5.14. The Morgan fingerprint density at radius 1 is 1.58 bits per heavy atom. The molecule has 1 saturated carbocycles. The molecular formula is C16H21NO2. The first-order valence-corrected chi connectivity index (χ1v) is 6.87. The summed E-state index contributed by atoms with van der Waals surface area (Å²) in [4.78, 5) is 12.0. The molecule has 1 N–H and O–H groups in total. The van der Waals surface area contributed by atoms with Gasteiger partial charge in [0.1, 0.15) is 6.04 Å². The highest BCUT2D eigenvalue weighted by Gasteiger charge is 2.26. The number of rotatable bonds is 7. The van der Waals surface area contributed by atoms with Gasteiger partial charge in [-0.25, -0.2) is 4.79 Å². The molecule has 1 aromatic rings. The van der Waals surface area contributed by atoms with Crippen molar-refractivity contribution >= 4 is 5.97 Å². The highest BCUT2D eigenvalue weighted by Crippen LogP contribution is 2.40. The first-order valence-electron chi connectivity index (χ1n) is 6.87. The zero-order valence-corrected chi connectivity index (χ0v) is 11.4. The minimum Gasteiger partial charge on any atom is -0.465 e. The zero-order valence-electron chi connectivity index (χ0n) is 11.4. The zero-order chi connectivity index (χ0) is 13.7. The van der Waals surface area contributed by atoms with Gasteiger partial charge in [-0.2, -0.15) is 0 Å². The molecule has 0 amide bonds. The van der Waals surface area contributed by atoms with Crippen LogP contribution in [0.3, 0.4) is 0 Å². The summed E-state index contributed by atoms with van der Waals surface area (Å²) >= 11 is 0. The molecular weight excluding hydrogens is 238 g/mol. The number of hydrogen-bond acceptors (Lipinski definition) is 3. The topological polar surface area (TPSA) is 38.3 Å². The van der Waals surface area contributed by atoms with Crippen molar-refractivity contribution < 1.29 is 9.53 Å². The Morgan fingerprint density at radius 2 is 2.37 bits per heavy atom. The van der Waals surface area contributed by atoms with Crippen molar-refractivity contribution in [3.8, 4) is 0 Å². The summed E-state index contributed by atoms with van der Waals surface area (Å²) in [5, 5.41) is 3.16. The smallest absolute Gasteiger partial charge is 0.327 e. The monoisotopic (exact) mass is 259 g/mol. The molecule has 19 heavy (non-hydrogen) atoms. The summed E-state index contributed by atoms with van der Waals surface area (Å²) in [6.07, 6.45) is 4.26. The molecule has 1 unspecified atom stereocenters. The molecule has 1 aromatic carbocycles. The summed E-state index contributed by atoms with van der Waals surface area (Å²) in [7, 11) is 0. The number of hydrogen-bond donors (Lipinski definition) is 1. The number of benzene rings is 1. The van der Waals surface area contributed by atoms with Crippen molar-refractivity contribution in [1.82, 2.24) is 5.32 Å². The molecule has 0 bridgehead atoms. The molecule has 0 heterocycles. The van der Waals surface area contributed by atoms with Gasteiger partial charge in [-0.1, -0.05) is 30.3 Å². The molecule has 1 atom stereocenters. The van der Waals surface area contributed by atoms with Crippen LogP contribution in [-0.4, -0.2) is 19.1 Å². The number of carbonyl (C=O) groups excluding carboxylic acids is 1. The average Bonchev–Trinajstić information content (AvgIpc) is 3.24. The standard InChI is InChI=1S/C16H21NO2/c1-3-10-17-15(16(18)19-4-2)14-7-5-6-13(11-14)12-8-9-12/h3,5-7,11-12,15,17H,1,4,8-10H2,2H3. The molecule has 0 radical (unpaired) electrons. The van der Waals surface area contributed by atoms with Gasteiger partial charge in [0.2, 0.25) is 0 Å². The first kappa shape index (κ1) is 13.8. The van der Waals surface area contributed by atoms with Gasteiger partial charge in [0, 0.05) is 6.54 Å². The lowest BCUT2D eigenvalue weighted by molar-refractivity contribution is -0.145.